The van der Waals surface area contributed by atoms with Crippen molar-refractivity contribution in [2.24, 2.45) is 5.73 Å². The number of carbonyl (C=O) groups excluding carboxylic acids is 1. The Morgan fingerprint density at radius 2 is 1.67 bits per heavy atom. The molecule has 18 heavy (non-hydrogen) atoms. The molecule has 6 nitrogen and oxygen atoms in total. The molecular weight excluding hydrogens is 255 g/mol. The number of alkyl halides is 3. The van der Waals surface area contributed by atoms with Gasteiger partial charge in [0, 0.05) is 18.6 Å². The summed E-state index contributed by atoms with van der Waals surface area (Å²) in [5, 5.41) is 12.5. The standard InChI is InChI=1S/C7H17N3O.C2HF3O2/c1-4-9-6(11)10-7(2,3)5-8;3-2(4,5)1(6)7/h4-5,8H2,1-3H3,(H2,9,10,11);(H,6,7). The maximum absolute atomic E-state index is 10.9. The molecule has 0 aliphatic carbocycles. The highest BCUT2D eigenvalue weighted by atomic mass is 19.4. The summed E-state index contributed by atoms with van der Waals surface area (Å²) in [4.78, 5) is 19.8. The van der Waals surface area contributed by atoms with Crippen LogP contribution in [0.5, 0.6) is 0 Å². The van der Waals surface area contributed by atoms with Crippen molar-refractivity contribution in [2.45, 2.75) is 32.5 Å². The number of urea groups is 1. The Hall–Kier alpha value is -1.51. The molecule has 0 fully saturated rings. The van der Waals surface area contributed by atoms with Crippen molar-refractivity contribution < 1.29 is 27.9 Å². The Labute approximate surface area is 103 Å². The lowest BCUT2D eigenvalue weighted by Crippen LogP contribution is -2.52. The van der Waals surface area contributed by atoms with Gasteiger partial charge in [-0.2, -0.15) is 13.2 Å². The van der Waals surface area contributed by atoms with Crippen LogP contribution in [0, 0.1) is 0 Å². The van der Waals surface area contributed by atoms with Gasteiger partial charge in [-0.3, -0.25) is 0 Å². The fourth-order valence-electron chi connectivity index (χ4n) is 0.563. The van der Waals surface area contributed by atoms with E-state index in [-0.39, 0.29) is 11.6 Å². The quantitative estimate of drug-likeness (QED) is 0.606. The average Bonchev–Trinajstić information content (AvgIpc) is 2.16. The van der Waals surface area contributed by atoms with Crippen molar-refractivity contribution in [2.75, 3.05) is 13.1 Å². The second-order valence-corrected chi connectivity index (χ2v) is 3.88. The van der Waals surface area contributed by atoms with Gasteiger partial charge in [0.05, 0.1) is 0 Å². The molecule has 5 N–H and O–H groups in total. The minimum atomic E-state index is -5.08. The van der Waals surface area contributed by atoms with E-state index in [1.807, 2.05) is 20.8 Å². The van der Waals surface area contributed by atoms with Gasteiger partial charge >= 0.3 is 18.2 Å². The zero-order chi connectivity index (χ0) is 15.0. The first-order valence-corrected chi connectivity index (χ1v) is 5.02. The van der Waals surface area contributed by atoms with Crippen molar-refractivity contribution in [3.05, 3.63) is 0 Å². The Morgan fingerprint density at radius 1 is 1.28 bits per heavy atom. The molecular formula is C9H18F3N3O3. The number of hydrogen-bond donors (Lipinski definition) is 4. The Kier molecular flexibility index (Phi) is 8.11. The van der Waals surface area contributed by atoms with Crippen LogP contribution in [0.2, 0.25) is 0 Å². The fourth-order valence-corrected chi connectivity index (χ4v) is 0.563. The van der Waals surface area contributed by atoms with Gasteiger partial charge in [-0.25, -0.2) is 9.59 Å². The van der Waals surface area contributed by atoms with E-state index in [4.69, 9.17) is 15.6 Å². The lowest BCUT2D eigenvalue weighted by molar-refractivity contribution is -0.192. The maximum Gasteiger partial charge on any atom is 0.490 e. The van der Waals surface area contributed by atoms with Crippen molar-refractivity contribution in [1.82, 2.24) is 10.6 Å². The van der Waals surface area contributed by atoms with E-state index in [2.05, 4.69) is 10.6 Å². The van der Waals surface area contributed by atoms with Gasteiger partial charge < -0.3 is 21.5 Å². The molecule has 0 unspecified atom stereocenters. The van der Waals surface area contributed by atoms with Crippen molar-refractivity contribution in [3.63, 3.8) is 0 Å². The highest BCUT2D eigenvalue weighted by molar-refractivity contribution is 5.74. The van der Waals surface area contributed by atoms with E-state index in [0.717, 1.165) is 0 Å². The number of rotatable bonds is 3. The summed E-state index contributed by atoms with van der Waals surface area (Å²) in [5.41, 5.74) is 5.09. The minimum absolute atomic E-state index is 0.164. The molecule has 0 aromatic rings. The topological polar surface area (TPSA) is 104 Å². The average molecular weight is 273 g/mol. The number of carboxylic acids is 1. The van der Waals surface area contributed by atoms with Crippen LogP contribution in [0.15, 0.2) is 0 Å². The first kappa shape index (κ1) is 18.8. The molecule has 108 valence electrons. The first-order chi connectivity index (χ1) is 7.96. The molecule has 0 radical (unpaired) electrons. The molecule has 0 bridgehead atoms. The first-order valence-electron chi connectivity index (χ1n) is 5.02. The Morgan fingerprint density at radius 3 is 1.89 bits per heavy atom. The molecule has 0 heterocycles. The Balaban J connectivity index is 0. The van der Waals surface area contributed by atoms with E-state index in [1.54, 1.807) is 0 Å². The van der Waals surface area contributed by atoms with Crippen LogP contribution in [0.25, 0.3) is 0 Å². The molecule has 2 amide bonds. The zero-order valence-electron chi connectivity index (χ0n) is 10.4. The van der Waals surface area contributed by atoms with E-state index in [9.17, 15) is 18.0 Å². The molecule has 0 aliphatic heterocycles. The molecule has 0 saturated heterocycles. The van der Waals surface area contributed by atoms with Crippen molar-refractivity contribution in [3.8, 4) is 0 Å². The van der Waals surface area contributed by atoms with E-state index in [0.29, 0.717) is 13.1 Å². The number of halogens is 3. The molecule has 0 aromatic carbocycles. The zero-order valence-corrected chi connectivity index (χ0v) is 10.4. The summed E-state index contributed by atoms with van der Waals surface area (Å²) in [7, 11) is 0. The largest absolute Gasteiger partial charge is 0.490 e. The van der Waals surface area contributed by atoms with Gasteiger partial charge in [-0.1, -0.05) is 0 Å². The third-order valence-corrected chi connectivity index (χ3v) is 1.54. The van der Waals surface area contributed by atoms with Gasteiger partial charge in [-0.05, 0) is 20.8 Å². The molecule has 0 rings (SSSR count). The summed E-state index contributed by atoms with van der Waals surface area (Å²) in [6.45, 7) is 6.69. The monoisotopic (exact) mass is 273 g/mol. The van der Waals surface area contributed by atoms with Gasteiger partial charge in [0.15, 0.2) is 0 Å². The SMILES string of the molecule is CCNC(=O)NC(C)(C)CN.O=C(O)C(F)(F)F. The Bertz CT molecular complexity index is 280. The summed E-state index contributed by atoms with van der Waals surface area (Å²) < 4.78 is 31.7. The normalized spacial score (nSPS) is 11.1. The molecule has 9 heteroatoms. The van der Waals surface area contributed by atoms with Gasteiger partial charge in [0.2, 0.25) is 0 Å². The van der Waals surface area contributed by atoms with Gasteiger partial charge in [0.25, 0.3) is 0 Å². The predicted molar refractivity (Wildman–Crippen MR) is 59.0 cm³/mol. The van der Waals surface area contributed by atoms with Crippen molar-refractivity contribution in [1.29, 1.82) is 0 Å². The number of hydrogen-bond acceptors (Lipinski definition) is 3. The summed E-state index contributed by atoms with van der Waals surface area (Å²) >= 11 is 0. The number of nitrogens with one attached hydrogen (secondary N) is 2. The molecule has 0 aromatic heterocycles. The van der Waals surface area contributed by atoms with Crippen molar-refractivity contribution >= 4 is 12.0 Å². The molecule has 0 spiro atoms. The second kappa shape index (κ2) is 7.75. The summed E-state index contributed by atoms with van der Waals surface area (Å²) in [6.07, 6.45) is -5.08. The third kappa shape index (κ3) is 11.0. The number of carboxylic acid groups (broad SMARTS) is 1. The number of aliphatic carboxylic acids is 1. The van der Waals surface area contributed by atoms with E-state index in [1.165, 1.54) is 0 Å². The molecule has 0 atom stereocenters. The van der Waals surface area contributed by atoms with E-state index < -0.39 is 12.1 Å². The van der Waals surface area contributed by atoms with Crippen LogP contribution < -0.4 is 16.4 Å². The maximum atomic E-state index is 10.9. The predicted octanol–water partition coefficient (Wildman–Crippen LogP) is 0.676. The fraction of sp³-hybridized carbons (Fsp3) is 0.778. The van der Waals surface area contributed by atoms with Gasteiger partial charge in [-0.15, -0.1) is 0 Å². The van der Waals surface area contributed by atoms with E-state index >= 15 is 0 Å². The number of carbonyl (C=O) groups is 2. The third-order valence-electron chi connectivity index (χ3n) is 1.54. The number of amides is 2. The highest BCUT2D eigenvalue weighted by Gasteiger charge is 2.38. The van der Waals surface area contributed by atoms with Gasteiger partial charge in [0.1, 0.15) is 0 Å². The van der Waals surface area contributed by atoms with Crippen LogP contribution >= 0.6 is 0 Å². The molecule has 0 aliphatic rings. The number of nitrogens with two attached hydrogens (primary N) is 1. The van der Waals surface area contributed by atoms with Crippen LogP contribution in [0.3, 0.4) is 0 Å². The second-order valence-electron chi connectivity index (χ2n) is 3.88. The van der Waals surface area contributed by atoms with Crippen LogP contribution in [-0.4, -0.2) is 41.9 Å². The minimum Gasteiger partial charge on any atom is -0.475 e. The molecule has 0 saturated carbocycles. The highest BCUT2D eigenvalue weighted by Crippen LogP contribution is 2.13. The van der Waals surface area contributed by atoms with Crippen LogP contribution in [0.1, 0.15) is 20.8 Å². The van der Waals surface area contributed by atoms with Crippen LogP contribution in [0.4, 0.5) is 18.0 Å². The summed E-state index contributed by atoms with van der Waals surface area (Å²) in [5.74, 6) is -2.76. The van der Waals surface area contributed by atoms with Crippen LogP contribution in [-0.2, 0) is 4.79 Å². The summed E-state index contributed by atoms with van der Waals surface area (Å²) in [6, 6.07) is -0.164. The lowest BCUT2D eigenvalue weighted by atomic mass is 10.1. The smallest absolute Gasteiger partial charge is 0.475 e. The lowest BCUT2D eigenvalue weighted by Gasteiger charge is -2.23.